The number of nitrogens with one attached hydrogen (secondary N) is 1. The molecule has 0 radical (unpaired) electrons. The van der Waals surface area contributed by atoms with E-state index in [0.29, 0.717) is 0 Å². The van der Waals surface area contributed by atoms with Gasteiger partial charge in [-0.1, -0.05) is 0 Å². The number of nitro benzene ring substituents is 2. The highest BCUT2D eigenvalue weighted by atomic mass is 19.4. The van der Waals surface area contributed by atoms with Gasteiger partial charge in [0.15, 0.2) is 0 Å². The van der Waals surface area contributed by atoms with Crippen LogP contribution in [-0.4, -0.2) is 27.6 Å². The number of halogens is 3. The number of alkyl halides is 3. The summed E-state index contributed by atoms with van der Waals surface area (Å²) < 4.78 is 38.0. The highest BCUT2D eigenvalue weighted by Crippen LogP contribution is 2.37. The van der Waals surface area contributed by atoms with E-state index in [9.17, 15) is 33.4 Å². The van der Waals surface area contributed by atoms with E-state index in [1.54, 1.807) is 0 Å². The molecule has 1 aromatic rings. The zero-order valence-electron chi connectivity index (χ0n) is 11.3. The van der Waals surface area contributed by atoms with E-state index in [1.165, 1.54) is 6.92 Å². The molecule has 1 aromatic carbocycles. The fraction of sp³-hybridized carbons (Fsp3) is 0.455. The molecule has 1 rings (SSSR count). The highest BCUT2D eigenvalue weighted by Gasteiger charge is 2.37. The molecule has 0 aliphatic rings. The Labute approximate surface area is 121 Å². The lowest BCUT2D eigenvalue weighted by atomic mass is 10.1. The summed E-state index contributed by atoms with van der Waals surface area (Å²) >= 11 is 0. The smallest absolute Gasteiger partial charge is 0.392 e. The van der Waals surface area contributed by atoms with E-state index in [-0.39, 0.29) is 18.7 Å². The summed E-state index contributed by atoms with van der Waals surface area (Å²) in [6.07, 6.45) is -5.77. The Kier molecular flexibility index (Phi) is 5.38. The minimum Gasteiger partial charge on any atom is -0.392 e. The van der Waals surface area contributed by atoms with Crippen molar-refractivity contribution < 1.29 is 28.1 Å². The van der Waals surface area contributed by atoms with Gasteiger partial charge in [-0.2, -0.15) is 13.2 Å². The number of nitrogens with zero attached hydrogens (tertiary/aromatic N) is 2. The van der Waals surface area contributed by atoms with Crippen LogP contribution >= 0.6 is 0 Å². The summed E-state index contributed by atoms with van der Waals surface area (Å²) in [6.45, 7) is 0.952. The van der Waals surface area contributed by atoms with E-state index in [2.05, 4.69) is 5.32 Å². The average Bonchev–Trinajstić information content (AvgIpc) is 2.36. The van der Waals surface area contributed by atoms with E-state index in [0.717, 1.165) is 0 Å². The molecule has 0 aliphatic heterocycles. The van der Waals surface area contributed by atoms with Gasteiger partial charge in [0.25, 0.3) is 11.4 Å². The first-order chi connectivity index (χ1) is 10.0. The maximum Gasteiger partial charge on any atom is 0.416 e. The van der Waals surface area contributed by atoms with E-state index < -0.39 is 51.2 Å². The third kappa shape index (κ3) is 4.36. The molecule has 1 unspecified atom stereocenters. The van der Waals surface area contributed by atoms with Gasteiger partial charge in [0.05, 0.1) is 21.5 Å². The minimum absolute atomic E-state index is 0.0324. The molecule has 0 bridgehead atoms. The van der Waals surface area contributed by atoms with Crippen molar-refractivity contribution in [2.24, 2.45) is 0 Å². The van der Waals surface area contributed by atoms with Crippen molar-refractivity contribution in [1.29, 1.82) is 0 Å². The Balaban J connectivity index is 3.38. The zero-order chi connectivity index (χ0) is 17.1. The summed E-state index contributed by atoms with van der Waals surface area (Å²) in [5.74, 6) is 0. The monoisotopic (exact) mass is 323 g/mol. The van der Waals surface area contributed by atoms with E-state index >= 15 is 0 Å². The number of aliphatic hydroxyl groups excluding tert-OH is 1. The van der Waals surface area contributed by atoms with Crippen LogP contribution in [0.15, 0.2) is 12.1 Å². The molecular formula is C11H12F3N3O5. The van der Waals surface area contributed by atoms with Crippen molar-refractivity contribution in [2.75, 3.05) is 6.54 Å². The molecule has 11 heteroatoms. The second-order valence-electron chi connectivity index (χ2n) is 4.48. The van der Waals surface area contributed by atoms with Crippen LogP contribution in [-0.2, 0) is 12.7 Å². The van der Waals surface area contributed by atoms with Crippen molar-refractivity contribution >= 4 is 11.4 Å². The van der Waals surface area contributed by atoms with Crippen LogP contribution in [0, 0.1) is 20.2 Å². The zero-order valence-corrected chi connectivity index (χ0v) is 11.3. The Morgan fingerprint density at radius 2 is 1.68 bits per heavy atom. The van der Waals surface area contributed by atoms with Crippen molar-refractivity contribution in [1.82, 2.24) is 5.32 Å². The summed E-state index contributed by atoms with van der Waals surface area (Å²) in [5, 5.41) is 33.4. The minimum atomic E-state index is -4.94. The molecule has 0 aliphatic carbocycles. The fourth-order valence-corrected chi connectivity index (χ4v) is 1.72. The van der Waals surface area contributed by atoms with Crippen LogP contribution in [0.1, 0.15) is 18.1 Å². The fourth-order valence-electron chi connectivity index (χ4n) is 1.72. The van der Waals surface area contributed by atoms with Gasteiger partial charge in [-0.25, -0.2) is 0 Å². The summed E-state index contributed by atoms with van der Waals surface area (Å²) in [5.41, 5.74) is -3.95. The van der Waals surface area contributed by atoms with Gasteiger partial charge in [0, 0.05) is 25.2 Å². The molecular weight excluding hydrogens is 311 g/mol. The van der Waals surface area contributed by atoms with Crippen molar-refractivity contribution in [3.05, 3.63) is 43.5 Å². The lowest BCUT2D eigenvalue weighted by Crippen LogP contribution is -2.25. The normalized spacial score (nSPS) is 13.0. The van der Waals surface area contributed by atoms with Crippen molar-refractivity contribution in [2.45, 2.75) is 25.7 Å². The molecule has 0 spiro atoms. The molecule has 122 valence electrons. The summed E-state index contributed by atoms with van der Waals surface area (Å²) in [4.78, 5) is 19.6. The molecule has 8 nitrogen and oxygen atoms in total. The Hall–Kier alpha value is -2.27. The van der Waals surface area contributed by atoms with Gasteiger partial charge in [0.1, 0.15) is 5.56 Å². The maximum atomic E-state index is 12.7. The van der Waals surface area contributed by atoms with Gasteiger partial charge in [0.2, 0.25) is 0 Å². The third-order valence-corrected chi connectivity index (χ3v) is 2.67. The van der Waals surface area contributed by atoms with Crippen LogP contribution in [0.3, 0.4) is 0 Å². The first-order valence-electron chi connectivity index (χ1n) is 5.95. The van der Waals surface area contributed by atoms with Gasteiger partial charge >= 0.3 is 6.18 Å². The number of hydrogen-bond donors (Lipinski definition) is 2. The highest BCUT2D eigenvalue weighted by molar-refractivity contribution is 5.56. The lowest BCUT2D eigenvalue weighted by Gasteiger charge is -2.11. The molecule has 0 saturated heterocycles. The molecule has 0 saturated carbocycles. The van der Waals surface area contributed by atoms with Gasteiger partial charge < -0.3 is 10.4 Å². The van der Waals surface area contributed by atoms with Gasteiger partial charge in [-0.3, -0.25) is 20.2 Å². The largest absolute Gasteiger partial charge is 0.416 e. The lowest BCUT2D eigenvalue weighted by molar-refractivity contribution is -0.396. The van der Waals surface area contributed by atoms with Crippen LogP contribution < -0.4 is 5.32 Å². The standard InChI is InChI=1S/C11H12F3N3O5/c1-6(18)4-15-5-8-9(16(19)20)2-7(11(12,13)14)3-10(8)17(21)22/h2-3,6,15,18H,4-5H2,1H3. The number of hydrogen-bond acceptors (Lipinski definition) is 6. The number of aliphatic hydroxyl groups is 1. The topological polar surface area (TPSA) is 119 Å². The quantitative estimate of drug-likeness (QED) is 0.610. The van der Waals surface area contributed by atoms with Crippen LogP contribution in [0.4, 0.5) is 24.5 Å². The molecule has 0 amide bonds. The van der Waals surface area contributed by atoms with E-state index in [1.807, 2.05) is 0 Å². The number of rotatable bonds is 6. The predicted molar refractivity (Wildman–Crippen MR) is 68.1 cm³/mol. The third-order valence-electron chi connectivity index (χ3n) is 2.67. The van der Waals surface area contributed by atoms with Crippen molar-refractivity contribution in [3.8, 4) is 0 Å². The number of benzene rings is 1. The van der Waals surface area contributed by atoms with Crippen LogP contribution in [0.2, 0.25) is 0 Å². The number of nitro groups is 2. The van der Waals surface area contributed by atoms with Crippen LogP contribution in [0.5, 0.6) is 0 Å². The molecule has 1 atom stereocenters. The molecule has 2 N–H and O–H groups in total. The second kappa shape index (κ2) is 6.66. The first kappa shape index (κ1) is 17.8. The average molecular weight is 323 g/mol. The molecule has 22 heavy (non-hydrogen) atoms. The molecule has 0 aromatic heterocycles. The van der Waals surface area contributed by atoms with Gasteiger partial charge in [-0.05, 0) is 6.92 Å². The Bertz CT molecular complexity index is 554. The molecule has 0 fully saturated rings. The molecule has 0 heterocycles. The van der Waals surface area contributed by atoms with Crippen LogP contribution in [0.25, 0.3) is 0 Å². The van der Waals surface area contributed by atoms with E-state index in [4.69, 9.17) is 5.11 Å². The Morgan fingerprint density at radius 1 is 1.23 bits per heavy atom. The summed E-state index contributed by atoms with van der Waals surface area (Å²) in [6, 6.07) is 0.513. The predicted octanol–water partition coefficient (Wildman–Crippen LogP) is 1.99. The SMILES string of the molecule is CC(O)CNCc1c([N+](=O)[O-])cc(C(F)(F)F)cc1[N+](=O)[O-]. The first-order valence-corrected chi connectivity index (χ1v) is 5.95. The van der Waals surface area contributed by atoms with Crippen molar-refractivity contribution in [3.63, 3.8) is 0 Å². The van der Waals surface area contributed by atoms with Gasteiger partial charge in [-0.15, -0.1) is 0 Å². The Morgan fingerprint density at radius 3 is 2.00 bits per heavy atom. The summed E-state index contributed by atoms with van der Waals surface area (Å²) in [7, 11) is 0. The second-order valence-corrected chi connectivity index (χ2v) is 4.48. The maximum absolute atomic E-state index is 12.7.